The van der Waals surface area contributed by atoms with Gasteiger partial charge in [-0.15, -0.1) is 5.10 Å². The zero-order chi connectivity index (χ0) is 21.1. The summed E-state index contributed by atoms with van der Waals surface area (Å²) in [4.78, 5) is 12.6. The highest BCUT2D eigenvalue weighted by Gasteiger charge is 2.32. The highest BCUT2D eigenvalue weighted by atomic mass is 32.2. The molecule has 158 valence electrons. The minimum absolute atomic E-state index is 0.0209. The Morgan fingerprint density at radius 3 is 2.70 bits per heavy atom. The number of amides is 1. The molecule has 1 saturated heterocycles. The fourth-order valence-electron chi connectivity index (χ4n) is 3.55. The largest absolute Gasteiger partial charge is 0.459 e. The van der Waals surface area contributed by atoms with Gasteiger partial charge in [-0.3, -0.25) is 10.1 Å². The fourth-order valence-corrected chi connectivity index (χ4v) is 5.32. The molecule has 3 heterocycles. The summed E-state index contributed by atoms with van der Waals surface area (Å²) in [6, 6.07) is 9.12. The smallest absolute Gasteiger partial charge is 0.322 e. The lowest BCUT2D eigenvalue weighted by atomic mass is 10.0. The number of hydrogen-bond acceptors (Lipinski definition) is 7. The maximum absolute atomic E-state index is 13.0. The van der Waals surface area contributed by atoms with Crippen LogP contribution < -0.4 is 5.32 Å². The Morgan fingerprint density at radius 2 is 2.00 bits per heavy atom. The highest BCUT2D eigenvalue weighted by Crippen LogP contribution is 2.27. The summed E-state index contributed by atoms with van der Waals surface area (Å²) in [5, 5.41) is 10.1. The van der Waals surface area contributed by atoms with Gasteiger partial charge in [0.1, 0.15) is 0 Å². The summed E-state index contributed by atoms with van der Waals surface area (Å²) < 4.78 is 38.2. The van der Waals surface area contributed by atoms with Crippen LogP contribution in [0.25, 0.3) is 11.7 Å². The molecule has 1 aromatic carbocycles. The maximum Gasteiger partial charge on any atom is 0.322 e. The monoisotopic (exact) mass is 430 g/mol. The Labute approximate surface area is 174 Å². The number of piperidine rings is 1. The Bertz CT molecular complexity index is 1110. The van der Waals surface area contributed by atoms with Crippen LogP contribution in [-0.4, -0.2) is 41.4 Å². The van der Waals surface area contributed by atoms with E-state index in [1.165, 1.54) is 30.5 Å². The molecule has 0 bridgehead atoms. The second-order valence-electron chi connectivity index (χ2n) is 7.04. The molecule has 1 atom stereocenters. The van der Waals surface area contributed by atoms with Crippen LogP contribution in [0.5, 0.6) is 0 Å². The van der Waals surface area contributed by atoms with Gasteiger partial charge in [-0.1, -0.05) is 18.4 Å². The number of rotatable bonds is 6. The Morgan fingerprint density at radius 1 is 1.20 bits per heavy atom. The Kier molecular flexibility index (Phi) is 5.69. The van der Waals surface area contributed by atoms with Crippen LogP contribution in [0.3, 0.4) is 0 Å². The van der Waals surface area contributed by atoms with Crippen molar-refractivity contribution in [1.82, 2.24) is 14.5 Å². The van der Waals surface area contributed by atoms with Crippen LogP contribution in [-0.2, 0) is 10.0 Å². The van der Waals surface area contributed by atoms with E-state index in [-0.39, 0.29) is 28.4 Å². The summed E-state index contributed by atoms with van der Waals surface area (Å²) in [6.45, 7) is 2.53. The van der Waals surface area contributed by atoms with Crippen molar-refractivity contribution in [2.24, 2.45) is 0 Å². The second kappa shape index (κ2) is 8.41. The summed E-state index contributed by atoms with van der Waals surface area (Å²) in [6.07, 6.45) is 5.03. The zero-order valence-electron chi connectivity index (χ0n) is 16.4. The quantitative estimate of drug-likeness (QED) is 0.635. The number of carbonyl (C=O) groups excluding carboxylic acids is 1. The molecule has 0 aliphatic carbocycles. The van der Waals surface area contributed by atoms with Crippen LogP contribution in [0, 0.1) is 0 Å². The molecular weight excluding hydrogens is 408 g/mol. The third-order valence-electron chi connectivity index (χ3n) is 5.14. The minimum atomic E-state index is -3.60. The first kappa shape index (κ1) is 20.3. The molecule has 0 unspecified atom stereocenters. The van der Waals surface area contributed by atoms with Crippen molar-refractivity contribution in [3.63, 3.8) is 0 Å². The Hall–Kier alpha value is -2.98. The molecule has 1 fully saturated rings. The molecule has 30 heavy (non-hydrogen) atoms. The van der Waals surface area contributed by atoms with Gasteiger partial charge in [0, 0.05) is 18.2 Å². The summed E-state index contributed by atoms with van der Waals surface area (Å²) in [7, 11) is -3.60. The number of anilines is 1. The number of nitrogens with one attached hydrogen (secondary N) is 1. The van der Waals surface area contributed by atoms with E-state index in [1.54, 1.807) is 16.4 Å². The van der Waals surface area contributed by atoms with Gasteiger partial charge in [-0.05, 0) is 55.7 Å². The average molecular weight is 430 g/mol. The van der Waals surface area contributed by atoms with Crippen molar-refractivity contribution in [2.75, 3.05) is 11.9 Å². The molecule has 1 aliphatic rings. The van der Waals surface area contributed by atoms with Gasteiger partial charge in [-0.2, -0.15) is 4.31 Å². The first-order valence-electron chi connectivity index (χ1n) is 9.79. The molecule has 4 rings (SSSR count). The standard InChI is InChI=1S/C20H22N4O5S/c1-2-15-6-3-4-12-24(15)30(26,27)16-10-8-14(9-11-16)18(25)21-20-23-22-19(29-20)17-7-5-13-28-17/h5,7-11,13,15H,2-4,6,12H2,1H3,(H,21,23,25)/t15-/m1/s1. The summed E-state index contributed by atoms with van der Waals surface area (Å²) in [5.74, 6) is 0.0439. The third-order valence-corrected chi connectivity index (χ3v) is 7.11. The predicted octanol–water partition coefficient (Wildman–Crippen LogP) is 3.54. The number of benzene rings is 1. The summed E-state index contributed by atoms with van der Waals surface area (Å²) in [5.41, 5.74) is 0.275. The molecule has 3 aromatic rings. The first-order chi connectivity index (χ1) is 14.5. The lowest BCUT2D eigenvalue weighted by Gasteiger charge is -2.34. The van der Waals surface area contributed by atoms with Crippen LogP contribution >= 0.6 is 0 Å². The van der Waals surface area contributed by atoms with E-state index < -0.39 is 15.9 Å². The van der Waals surface area contributed by atoms with Gasteiger partial charge in [0.15, 0.2) is 5.76 Å². The molecule has 1 aliphatic heterocycles. The van der Waals surface area contributed by atoms with Crippen LogP contribution in [0.2, 0.25) is 0 Å². The van der Waals surface area contributed by atoms with Crippen molar-refractivity contribution in [2.45, 2.75) is 43.5 Å². The van der Waals surface area contributed by atoms with Gasteiger partial charge < -0.3 is 8.83 Å². The van der Waals surface area contributed by atoms with Crippen molar-refractivity contribution in [3.05, 3.63) is 48.2 Å². The molecule has 0 saturated carbocycles. The van der Waals surface area contributed by atoms with E-state index in [9.17, 15) is 13.2 Å². The molecule has 0 radical (unpaired) electrons. The van der Waals surface area contributed by atoms with Crippen molar-refractivity contribution < 1.29 is 22.0 Å². The van der Waals surface area contributed by atoms with Gasteiger partial charge in [0.2, 0.25) is 10.0 Å². The highest BCUT2D eigenvalue weighted by molar-refractivity contribution is 7.89. The number of aromatic nitrogens is 2. The average Bonchev–Trinajstić information content (AvgIpc) is 3.46. The van der Waals surface area contributed by atoms with E-state index in [1.807, 2.05) is 6.92 Å². The number of sulfonamides is 1. The summed E-state index contributed by atoms with van der Waals surface area (Å²) >= 11 is 0. The van der Waals surface area contributed by atoms with Crippen LogP contribution in [0.1, 0.15) is 43.0 Å². The number of furan rings is 1. The van der Waals surface area contributed by atoms with E-state index >= 15 is 0 Å². The van der Waals surface area contributed by atoms with E-state index in [2.05, 4.69) is 15.5 Å². The normalized spacial score (nSPS) is 17.7. The lowest BCUT2D eigenvalue weighted by molar-refractivity contribution is 0.102. The van der Waals surface area contributed by atoms with E-state index in [4.69, 9.17) is 8.83 Å². The van der Waals surface area contributed by atoms with Gasteiger partial charge in [-0.25, -0.2) is 8.42 Å². The number of carbonyl (C=O) groups is 1. The van der Waals surface area contributed by atoms with Crippen molar-refractivity contribution in [1.29, 1.82) is 0 Å². The third kappa shape index (κ3) is 4.01. The molecule has 1 amide bonds. The lowest BCUT2D eigenvalue weighted by Crippen LogP contribution is -2.43. The second-order valence-corrected chi connectivity index (χ2v) is 8.93. The minimum Gasteiger partial charge on any atom is -0.459 e. The van der Waals surface area contributed by atoms with Gasteiger partial charge in [0.25, 0.3) is 11.8 Å². The van der Waals surface area contributed by atoms with Gasteiger partial charge in [0.05, 0.1) is 11.2 Å². The van der Waals surface area contributed by atoms with Crippen molar-refractivity contribution in [3.8, 4) is 11.7 Å². The molecule has 10 heteroatoms. The maximum atomic E-state index is 13.0. The molecule has 9 nitrogen and oxygen atoms in total. The number of nitrogens with zero attached hydrogens (tertiary/aromatic N) is 3. The predicted molar refractivity (Wildman–Crippen MR) is 108 cm³/mol. The topological polar surface area (TPSA) is 119 Å². The first-order valence-corrected chi connectivity index (χ1v) is 11.2. The fraction of sp³-hybridized carbons (Fsp3) is 0.350. The SMILES string of the molecule is CC[C@@H]1CCCCN1S(=O)(=O)c1ccc(C(=O)Nc2nnc(-c3ccco3)o2)cc1. The molecule has 1 N–H and O–H groups in total. The van der Waals surface area contributed by atoms with E-state index in [0.29, 0.717) is 12.3 Å². The number of hydrogen-bond donors (Lipinski definition) is 1. The molecular formula is C20H22N4O5S. The van der Waals surface area contributed by atoms with Crippen LogP contribution in [0.4, 0.5) is 6.01 Å². The molecule has 2 aromatic heterocycles. The van der Waals surface area contributed by atoms with Gasteiger partial charge >= 0.3 is 6.01 Å². The zero-order valence-corrected chi connectivity index (χ0v) is 17.3. The Balaban J connectivity index is 1.47. The van der Waals surface area contributed by atoms with Crippen LogP contribution in [0.15, 0.2) is 56.4 Å². The van der Waals surface area contributed by atoms with E-state index in [0.717, 1.165) is 25.7 Å². The van der Waals surface area contributed by atoms with Crippen molar-refractivity contribution >= 4 is 21.9 Å². The molecule has 0 spiro atoms.